The smallest absolute Gasteiger partial charge is 0.419 e. The zero-order valence-corrected chi connectivity index (χ0v) is 18.9. The molecule has 0 saturated carbocycles. The Morgan fingerprint density at radius 1 is 1.18 bits per heavy atom. The number of rotatable bonds is 5. The summed E-state index contributed by atoms with van der Waals surface area (Å²) in [5.41, 5.74) is 1.77. The Balaban J connectivity index is 1.48. The first-order valence-corrected chi connectivity index (χ1v) is 11.3. The number of aryl methyl sites for hydroxylation is 1. The summed E-state index contributed by atoms with van der Waals surface area (Å²) in [6.07, 6.45) is -4.77. The van der Waals surface area contributed by atoms with Gasteiger partial charge in [-0.25, -0.2) is 9.37 Å². The van der Waals surface area contributed by atoms with Gasteiger partial charge < -0.3 is 10.0 Å². The van der Waals surface area contributed by atoms with E-state index < -0.39 is 23.5 Å². The van der Waals surface area contributed by atoms with Gasteiger partial charge in [0.05, 0.1) is 22.2 Å². The highest BCUT2D eigenvalue weighted by Crippen LogP contribution is 2.38. The zero-order chi connectivity index (χ0) is 23.9. The first-order valence-electron chi connectivity index (χ1n) is 10.5. The van der Waals surface area contributed by atoms with Crippen molar-refractivity contribution >= 4 is 32.7 Å². The molecule has 176 valence electrons. The third kappa shape index (κ3) is 5.27. The van der Waals surface area contributed by atoms with Crippen LogP contribution < -0.4 is 4.90 Å². The quantitative estimate of drug-likeness (QED) is 0.514. The number of benzene rings is 2. The van der Waals surface area contributed by atoms with Crippen LogP contribution in [0.5, 0.6) is 0 Å². The molecule has 1 aliphatic rings. The largest absolute Gasteiger partial charge is 0.481 e. The third-order valence-electron chi connectivity index (χ3n) is 5.69. The van der Waals surface area contributed by atoms with Gasteiger partial charge in [0, 0.05) is 38.3 Å². The van der Waals surface area contributed by atoms with Crippen LogP contribution in [0.15, 0.2) is 30.3 Å². The summed E-state index contributed by atoms with van der Waals surface area (Å²) in [5.74, 6) is -2.18. The van der Waals surface area contributed by atoms with E-state index in [1.54, 1.807) is 0 Å². The number of piperazine rings is 1. The first kappa shape index (κ1) is 23.4. The maximum absolute atomic E-state index is 13.9. The average molecular weight is 482 g/mol. The summed E-state index contributed by atoms with van der Waals surface area (Å²) < 4.78 is 53.3. The second-order valence-corrected chi connectivity index (χ2v) is 9.48. The molecule has 1 saturated heterocycles. The summed E-state index contributed by atoms with van der Waals surface area (Å²) in [6.45, 7) is 6.68. The van der Waals surface area contributed by atoms with Gasteiger partial charge in [-0.15, -0.1) is 0 Å². The summed E-state index contributed by atoms with van der Waals surface area (Å²) in [6, 6.07) is 7.57. The lowest BCUT2D eigenvalue weighted by Crippen LogP contribution is -2.51. The lowest BCUT2D eigenvalue weighted by molar-refractivity contribution is -0.140. The van der Waals surface area contributed by atoms with Gasteiger partial charge in [0.2, 0.25) is 0 Å². The molecule has 0 amide bonds. The minimum Gasteiger partial charge on any atom is -0.481 e. The van der Waals surface area contributed by atoms with Crippen molar-refractivity contribution in [2.24, 2.45) is 0 Å². The fourth-order valence-corrected chi connectivity index (χ4v) is 5.43. The van der Waals surface area contributed by atoms with Crippen molar-refractivity contribution in [3.05, 3.63) is 58.4 Å². The molecule has 5 nitrogen and oxygen atoms in total. The van der Waals surface area contributed by atoms with E-state index >= 15 is 0 Å². The van der Waals surface area contributed by atoms with E-state index in [1.807, 2.05) is 36.9 Å². The lowest BCUT2D eigenvalue weighted by atomic mass is 10.0. The molecule has 10 heteroatoms. The number of aliphatic carboxylic acids is 1. The molecule has 0 aliphatic carbocycles. The highest BCUT2D eigenvalue weighted by molar-refractivity contribution is 7.22. The number of hydrogen-bond acceptors (Lipinski definition) is 5. The van der Waals surface area contributed by atoms with Crippen LogP contribution >= 0.6 is 11.3 Å². The van der Waals surface area contributed by atoms with E-state index in [0.717, 1.165) is 40.2 Å². The average Bonchev–Trinajstić information content (AvgIpc) is 3.08. The maximum atomic E-state index is 13.9. The number of aromatic nitrogens is 1. The highest BCUT2D eigenvalue weighted by atomic mass is 32.1. The Morgan fingerprint density at radius 3 is 2.58 bits per heavy atom. The molecule has 2 heterocycles. The maximum Gasteiger partial charge on any atom is 0.419 e. The predicted molar refractivity (Wildman–Crippen MR) is 119 cm³/mol. The van der Waals surface area contributed by atoms with Crippen molar-refractivity contribution in [2.75, 3.05) is 24.5 Å². The van der Waals surface area contributed by atoms with Crippen molar-refractivity contribution in [1.82, 2.24) is 9.88 Å². The van der Waals surface area contributed by atoms with Gasteiger partial charge in [0.15, 0.2) is 5.13 Å². The fraction of sp³-hybridized carbons (Fsp3) is 0.391. The van der Waals surface area contributed by atoms with Crippen molar-refractivity contribution < 1.29 is 27.5 Å². The van der Waals surface area contributed by atoms with Crippen LogP contribution in [0.3, 0.4) is 0 Å². The van der Waals surface area contributed by atoms with Gasteiger partial charge in [-0.2, -0.15) is 13.2 Å². The number of hydrogen-bond donors (Lipinski definition) is 1. The van der Waals surface area contributed by atoms with E-state index in [2.05, 4.69) is 9.88 Å². The van der Waals surface area contributed by atoms with Crippen LogP contribution in [0.2, 0.25) is 0 Å². The minimum absolute atomic E-state index is 0.0207. The Kier molecular flexibility index (Phi) is 6.32. The summed E-state index contributed by atoms with van der Waals surface area (Å²) in [7, 11) is 0. The number of nitrogens with zero attached hydrogens (tertiary/aromatic N) is 3. The van der Waals surface area contributed by atoms with E-state index in [4.69, 9.17) is 5.11 Å². The van der Waals surface area contributed by atoms with E-state index in [0.29, 0.717) is 36.0 Å². The Morgan fingerprint density at radius 2 is 1.91 bits per heavy atom. The normalized spacial score (nSPS) is 17.6. The Labute approximate surface area is 192 Å². The molecule has 1 fully saturated rings. The van der Waals surface area contributed by atoms with Crippen molar-refractivity contribution in [3.63, 3.8) is 0 Å². The molecule has 4 rings (SSSR count). The van der Waals surface area contributed by atoms with Crippen LogP contribution in [0.4, 0.5) is 22.7 Å². The van der Waals surface area contributed by atoms with Crippen LogP contribution in [0, 0.1) is 12.7 Å². The Hall–Kier alpha value is -2.72. The third-order valence-corrected chi connectivity index (χ3v) is 6.74. The van der Waals surface area contributed by atoms with Gasteiger partial charge in [-0.3, -0.25) is 9.69 Å². The molecular formula is C23H23F4N3O2S. The molecule has 33 heavy (non-hydrogen) atoms. The van der Waals surface area contributed by atoms with Gasteiger partial charge in [-0.05, 0) is 31.0 Å². The second-order valence-electron chi connectivity index (χ2n) is 8.47. The zero-order valence-electron chi connectivity index (χ0n) is 18.1. The first-order chi connectivity index (χ1) is 15.5. The number of carboxylic acid groups (broad SMARTS) is 1. The second kappa shape index (κ2) is 8.90. The van der Waals surface area contributed by atoms with E-state index in [-0.39, 0.29) is 18.0 Å². The molecule has 1 N–H and O–H groups in total. The van der Waals surface area contributed by atoms with Gasteiger partial charge >= 0.3 is 12.1 Å². The van der Waals surface area contributed by atoms with Crippen molar-refractivity contribution in [3.8, 4) is 0 Å². The molecule has 0 spiro atoms. The highest BCUT2D eigenvalue weighted by Gasteiger charge is 2.35. The molecule has 0 bridgehead atoms. The van der Waals surface area contributed by atoms with Crippen molar-refractivity contribution in [1.29, 1.82) is 0 Å². The summed E-state index contributed by atoms with van der Waals surface area (Å²) in [4.78, 5) is 19.7. The fourth-order valence-electron chi connectivity index (χ4n) is 4.31. The molecule has 1 aliphatic heterocycles. The topological polar surface area (TPSA) is 56.7 Å². The molecule has 0 unspecified atom stereocenters. The Bertz CT molecular complexity index is 1190. The van der Waals surface area contributed by atoms with Gasteiger partial charge in [0.1, 0.15) is 5.82 Å². The van der Waals surface area contributed by atoms with Crippen LogP contribution in [0.25, 0.3) is 10.2 Å². The van der Waals surface area contributed by atoms with E-state index in [1.165, 1.54) is 0 Å². The number of thiazole rings is 1. The minimum atomic E-state index is -4.75. The number of fused-ring (bicyclic) bond motifs is 1. The SMILES string of the molecule is Cc1cc(CC(=O)O)cc(CN2CCN(c3nc4cc(F)c(C(F)(F)F)cc4s3)[C@H](C)C2)c1. The molecular weight excluding hydrogens is 458 g/mol. The van der Waals surface area contributed by atoms with Gasteiger partial charge in [0.25, 0.3) is 0 Å². The number of halogens is 4. The monoisotopic (exact) mass is 481 g/mol. The number of carboxylic acids is 1. The van der Waals surface area contributed by atoms with Gasteiger partial charge in [-0.1, -0.05) is 35.1 Å². The van der Waals surface area contributed by atoms with E-state index in [9.17, 15) is 22.4 Å². The molecule has 3 aromatic rings. The number of anilines is 1. The molecule has 0 radical (unpaired) electrons. The number of alkyl halides is 3. The number of carbonyl (C=O) groups is 1. The molecule has 2 aromatic carbocycles. The molecule has 1 aromatic heterocycles. The summed E-state index contributed by atoms with van der Waals surface area (Å²) in [5, 5.41) is 9.65. The summed E-state index contributed by atoms with van der Waals surface area (Å²) >= 11 is 1.14. The van der Waals surface area contributed by atoms with Crippen LogP contribution in [0.1, 0.15) is 29.2 Å². The van der Waals surface area contributed by atoms with Crippen LogP contribution in [-0.2, 0) is 23.9 Å². The standard InChI is InChI=1S/C23H23F4N3O2S/c1-13-5-15(8-21(31)32)7-16(6-13)12-29-3-4-30(14(2)11-29)22-28-19-10-18(24)17(23(25,26)27)9-20(19)33-22/h5-7,9-10,14H,3-4,8,11-12H2,1-2H3,(H,31,32)/t14-/m1/s1. The van der Waals surface area contributed by atoms with Crippen molar-refractivity contribution in [2.45, 2.75) is 39.0 Å². The lowest BCUT2D eigenvalue weighted by Gasteiger charge is -2.39. The predicted octanol–water partition coefficient (Wildman–Crippen LogP) is 5.10. The van der Waals surface area contributed by atoms with Crippen LogP contribution in [-0.4, -0.2) is 46.6 Å². The molecule has 1 atom stereocenters.